The van der Waals surface area contributed by atoms with Crippen LogP contribution in [-0.2, 0) is 10.5 Å². The van der Waals surface area contributed by atoms with Crippen LogP contribution in [0.4, 0.5) is 22.0 Å². The van der Waals surface area contributed by atoms with Gasteiger partial charge in [-0.2, -0.15) is 13.2 Å². The third kappa shape index (κ3) is 17.6. The molecule has 3 nitrogen and oxygen atoms in total. The summed E-state index contributed by atoms with van der Waals surface area (Å²) < 4.78 is 76.2. The first-order chi connectivity index (χ1) is 4.68. The smallest absolute Gasteiger partial charge is 0.450 e. The van der Waals surface area contributed by atoms with Gasteiger partial charge in [0.05, 0.1) is 0 Å². The van der Waals surface area contributed by atoms with Crippen molar-refractivity contribution in [2.24, 2.45) is 0 Å². The molecule has 0 heterocycles. The van der Waals surface area contributed by atoms with Crippen molar-refractivity contribution >= 4 is 10.5 Å². The highest BCUT2D eigenvalue weighted by Crippen LogP contribution is 2.22. The van der Waals surface area contributed by atoms with Crippen molar-refractivity contribution in [3.05, 3.63) is 4.78 Å². The van der Waals surface area contributed by atoms with Gasteiger partial charge in [0.25, 0.3) is 0 Å². The zero-order valence-corrected chi connectivity index (χ0v) is 5.46. The lowest BCUT2D eigenvalue weighted by Gasteiger charge is -2.00. The van der Waals surface area contributed by atoms with Gasteiger partial charge in [-0.3, -0.25) is 0 Å². The molecule has 0 aromatic rings. The molecule has 0 aliphatic heterocycles. The van der Waals surface area contributed by atoms with E-state index < -0.39 is 23.1 Å². The summed E-state index contributed by atoms with van der Waals surface area (Å²) in [6.07, 6.45) is -9.53. The van der Waals surface area contributed by atoms with Crippen LogP contribution in [0.5, 0.6) is 0 Å². The summed E-state index contributed by atoms with van der Waals surface area (Å²) in [7, 11) is -2.86. The van der Waals surface area contributed by atoms with Crippen molar-refractivity contribution < 1.29 is 30.4 Å². The lowest BCUT2D eigenvalue weighted by molar-refractivity contribution is -0.219. The number of rotatable bonds is 0. The topological polar surface area (TPSA) is 56.4 Å². The Bertz CT molecular complexity index is 183. The molecule has 0 aromatic carbocycles. The number of hydrogen-bond acceptors (Lipinski definition) is 2. The Morgan fingerprint density at radius 1 is 1.18 bits per heavy atom. The molecule has 0 aliphatic rings. The first-order valence-corrected chi connectivity index (χ1v) is 2.84. The maximum atomic E-state index is 10.4. The van der Waals surface area contributed by atoms with E-state index in [1.165, 1.54) is 0 Å². The van der Waals surface area contributed by atoms with Gasteiger partial charge in [0.15, 0.2) is 0 Å². The molecule has 0 spiro atoms. The Morgan fingerprint density at radius 3 is 1.27 bits per heavy atom. The fraction of sp³-hybridized carbons (Fsp3) is 1.00. The molecular formula is C2HF5NO2S-. The first kappa shape index (κ1) is 12.9. The first-order valence-electron chi connectivity index (χ1n) is 1.81. The van der Waals surface area contributed by atoms with Crippen LogP contribution in [0.15, 0.2) is 0 Å². The molecule has 9 heteroatoms. The average molecular weight is 198 g/mol. The maximum absolute atomic E-state index is 10.4. The van der Waals surface area contributed by atoms with Gasteiger partial charge in [-0.1, -0.05) is 0 Å². The van der Waals surface area contributed by atoms with Crippen molar-refractivity contribution in [3.8, 4) is 0 Å². The molecule has 0 rings (SSSR count). The Balaban J connectivity index is 0. The second-order valence-electron chi connectivity index (χ2n) is 1.06. The molecule has 0 aliphatic carbocycles. The van der Waals surface area contributed by atoms with E-state index in [-0.39, 0.29) is 0 Å². The van der Waals surface area contributed by atoms with E-state index in [1.807, 2.05) is 0 Å². The summed E-state index contributed by atoms with van der Waals surface area (Å²) in [6.45, 7) is 0. The van der Waals surface area contributed by atoms with E-state index in [1.54, 1.807) is 0 Å². The molecule has 0 fully saturated rings. The van der Waals surface area contributed by atoms with E-state index >= 15 is 0 Å². The van der Waals surface area contributed by atoms with Crippen molar-refractivity contribution in [1.82, 2.24) is 0 Å². The van der Waals surface area contributed by atoms with E-state index in [2.05, 4.69) is 0 Å². The number of nitrogens with zero attached hydrogens (tertiary/aromatic N) is 1. The summed E-state index contributed by atoms with van der Waals surface area (Å²) in [5.41, 5.74) is 0. The zero-order chi connectivity index (χ0) is 9.65. The Morgan fingerprint density at radius 2 is 1.27 bits per heavy atom. The minimum Gasteiger partial charge on any atom is -0.686 e. The molecule has 0 saturated heterocycles. The third-order valence-corrected chi connectivity index (χ3v) is 0.247. The van der Waals surface area contributed by atoms with Crippen LogP contribution >= 0.6 is 0 Å². The molecule has 0 atom stereocenters. The highest BCUT2D eigenvalue weighted by atomic mass is 32.2. The normalized spacial score (nSPS) is 10.4. The van der Waals surface area contributed by atoms with Gasteiger partial charge >= 0.3 is 12.6 Å². The van der Waals surface area contributed by atoms with Gasteiger partial charge in [0, 0.05) is 0 Å². The van der Waals surface area contributed by atoms with E-state index in [0.29, 0.717) is 0 Å². The van der Waals surface area contributed by atoms with Gasteiger partial charge in [0.1, 0.15) is 10.5 Å². The van der Waals surface area contributed by atoms with Crippen molar-refractivity contribution in [2.75, 3.05) is 0 Å². The van der Waals surface area contributed by atoms with Crippen molar-refractivity contribution in [1.29, 1.82) is 0 Å². The minimum absolute atomic E-state index is 2.86. The van der Waals surface area contributed by atoms with Crippen LogP contribution in [-0.4, -0.2) is 21.0 Å². The molecular weight excluding hydrogens is 197 g/mol. The SMILES string of the molecule is FC(F)C(F)(F)F.[N-]=S(=O)=O. The molecule has 0 saturated carbocycles. The molecule has 0 amide bonds. The summed E-state index contributed by atoms with van der Waals surface area (Å²) in [5, 5.41) is 0. The van der Waals surface area contributed by atoms with Gasteiger partial charge in [-0.25, -0.2) is 17.2 Å². The summed E-state index contributed by atoms with van der Waals surface area (Å²) in [5.74, 6) is 0. The van der Waals surface area contributed by atoms with E-state index in [0.717, 1.165) is 0 Å². The van der Waals surface area contributed by atoms with Gasteiger partial charge in [-0.15, -0.1) is 0 Å². The van der Waals surface area contributed by atoms with Crippen LogP contribution in [0.1, 0.15) is 0 Å². The standard InChI is InChI=1S/C2HF5.NO2S/c3-1(4)2(5,6)7;1-4(2)3/h1H;/q;-1. The third-order valence-electron chi connectivity index (χ3n) is 0.247. The lowest BCUT2D eigenvalue weighted by Crippen LogP contribution is -2.18. The van der Waals surface area contributed by atoms with Crippen LogP contribution < -0.4 is 0 Å². The highest BCUT2D eigenvalue weighted by molar-refractivity contribution is 7.63. The quantitative estimate of drug-likeness (QED) is 0.553. The Kier molecular flexibility index (Phi) is 5.86. The molecule has 0 radical (unpaired) electrons. The molecule has 0 unspecified atom stereocenters. The Labute approximate surface area is 59.3 Å². The Hall–Kier alpha value is -0.730. The van der Waals surface area contributed by atoms with Crippen molar-refractivity contribution in [2.45, 2.75) is 12.6 Å². The molecule has 0 bridgehead atoms. The predicted molar refractivity (Wildman–Crippen MR) is 24.3 cm³/mol. The fourth-order valence-electron chi connectivity index (χ4n) is 0. The second kappa shape index (κ2) is 4.99. The van der Waals surface area contributed by atoms with Crippen LogP contribution in [0, 0.1) is 0 Å². The number of hydrogen-bond donors (Lipinski definition) is 0. The second-order valence-corrected chi connectivity index (χ2v) is 1.49. The highest BCUT2D eigenvalue weighted by Gasteiger charge is 2.40. The monoisotopic (exact) mass is 198 g/mol. The van der Waals surface area contributed by atoms with Crippen LogP contribution in [0.25, 0.3) is 4.78 Å². The molecule has 0 N–H and O–H groups in total. The lowest BCUT2D eigenvalue weighted by atomic mass is 10.7. The zero-order valence-electron chi connectivity index (χ0n) is 4.64. The number of halogens is 5. The summed E-state index contributed by atoms with van der Waals surface area (Å²) in [4.78, 5) is 0. The molecule has 0 aromatic heterocycles. The molecule has 68 valence electrons. The van der Waals surface area contributed by atoms with E-state index in [4.69, 9.17) is 13.2 Å². The predicted octanol–water partition coefficient (Wildman–Crippen LogP) is 1.43. The largest absolute Gasteiger partial charge is 0.686 e. The average Bonchev–Trinajstić information content (AvgIpc) is 1.59. The summed E-state index contributed by atoms with van der Waals surface area (Å²) >= 11 is 0. The van der Waals surface area contributed by atoms with Crippen LogP contribution in [0.3, 0.4) is 0 Å². The fourth-order valence-corrected chi connectivity index (χ4v) is 0. The van der Waals surface area contributed by atoms with Gasteiger partial charge < -0.3 is 4.78 Å². The number of alkyl halides is 5. The summed E-state index contributed by atoms with van der Waals surface area (Å²) in [6, 6.07) is 0. The van der Waals surface area contributed by atoms with Gasteiger partial charge in [-0.05, 0) is 0 Å². The van der Waals surface area contributed by atoms with E-state index in [9.17, 15) is 22.0 Å². The van der Waals surface area contributed by atoms with Crippen LogP contribution in [0.2, 0.25) is 0 Å². The maximum Gasteiger partial charge on any atom is 0.450 e. The van der Waals surface area contributed by atoms with Gasteiger partial charge in [0.2, 0.25) is 0 Å². The molecule has 11 heavy (non-hydrogen) atoms. The minimum atomic E-state index is -5.33. The van der Waals surface area contributed by atoms with Crippen molar-refractivity contribution in [3.63, 3.8) is 0 Å².